The molecule has 0 saturated heterocycles. The quantitative estimate of drug-likeness (QED) is 0.643. The maximum Gasteiger partial charge on any atom is 0.123 e. The molecule has 3 N–H and O–H groups in total. The average molecular weight is 282 g/mol. The monoisotopic (exact) mass is 282 g/mol. The SMILES string of the molecule is Cc1ccc(C(C)C)c(OCc2ccc(C(=N)N)cc2)c1. The highest BCUT2D eigenvalue weighted by atomic mass is 16.5. The lowest BCUT2D eigenvalue weighted by atomic mass is 10.0. The summed E-state index contributed by atoms with van der Waals surface area (Å²) in [6.07, 6.45) is 0. The Morgan fingerprint density at radius 2 is 1.81 bits per heavy atom. The summed E-state index contributed by atoms with van der Waals surface area (Å²) in [5, 5.41) is 7.39. The van der Waals surface area contributed by atoms with Gasteiger partial charge in [-0.25, -0.2) is 0 Å². The lowest BCUT2D eigenvalue weighted by Crippen LogP contribution is -2.10. The van der Waals surface area contributed by atoms with Gasteiger partial charge >= 0.3 is 0 Å². The molecular weight excluding hydrogens is 260 g/mol. The summed E-state index contributed by atoms with van der Waals surface area (Å²) in [5.74, 6) is 1.46. The van der Waals surface area contributed by atoms with E-state index in [-0.39, 0.29) is 5.84 Å². The summed E-state index contributed by atoms with van der Waals surface area (Å²) in [6, 6.07) is 13.9. The van der Waals surface area contributed by atoms with Crippen LogP contribution in [-0.2, 0) is 6.61 Å². The molecule has 0 saturated carbocycles. The zero-order valence-electron chi connectivity index (χ0n) is 12.8. The van der Waals surface area contributed by atoms with Crippen molar-refractivity contribution in [2.24, 2.45) is 5.73 Å². The maximum absolute atomic E-state index is 7.39. The minimum Gasteiger partial charge on any atom is -0.489 e. The second-order valence-corrected chi connectivity index (χ2v) is 5.60. The van der Waals surface area contributed by atoms with E-state index >= 15 is 0 Å². The number of nitrogen functional groups attached to an aromatic ring is 1. The number of nitrogens with one attached hydrogen (secondary N) is 1. The van der Waals surface area contributed by atoms with Crippen LogP contribution in [0.15, 0.2) is 42.5 Å². The third kappa shape index (κ3) is 3.85. The number of rotatable bonds is 5. The van der Waals surface area contributed by atoms with Gasteiger partial charge in [0, 0.05) is 5.56 Å². The van der Waals surface area contributed by atoms with Crippen molar-refractivity contribution in [3.05, 3.63) is 64.7 Å². The molecule has 2 aromatic carbocycles. The fourth-order valence-electron chi connectivity index (χ4n) is 2.19. The highest BCUT2D eigenvalue weighted by Crippen LogP contribution is 2.28. The van der Waals surface area contributed by atoms with Crippen molar-refractivity contribution in [3.63, 3.8) is 0 Å². The molecule has 0 unspecified atom stereocenters. The third-order valence-corrected chi connectivity index (χ3v) is 3.45. The van der Waals surface area contributed by atoms with Gasteiger partial charge in [0.2, 0.25) is 0 Å². The zero-order chi connectivity index (χ0) is 15.4. The normalized spacial score (nSPS) is 10.7. The number of amidine groups is 1. The summed E-state index contributed by atoms with van der Waals surface area (Å²) in [4.78, 5) is 0. The van der Waals surface area contributed by atoms with Crippen molar-refractivity contribution in [2.45, 2.75) is 33.3 Å². The second-order valence-electron chi connectivity index (χ2n) is 5.60. The van der Waals surface area contributed by atoms with E-state index in [1.807, 2.05) is 24.3 Å². The van der Waals surface area contributed by atoms with Crippen LogP contribution < -0.4 is 10.5 Å². The van der Waals surface area contributed by atoms with Gasteiger partial charge in [-0.1, -0.05) is 50.2 Å². The molecule has 21 heavy (non-hydrogen) atoms. The number of nitrogens with two attached hydrogens (primary N) is 1. The Bertz CT molecular complexity index is 630. The second kappa shape index (κ2) is 6.44. The van der Waals surface area contributed by atoms with Crippen LogP contribution >= 0.6 is 0 Å². The minimum atomic E-state index is 0.0863. The molecule has 2 aromatic rings. The number of benzene rings is 2. The van der Waals surface area contributed by atoms with E-state index in [2.05, 4.69) is 39.0 Å². The molecule has 0 amide bonds. The van der Waals surface area contributed by atoms with Gasteiger partial charge < -0.3 is 10.5 Å². The van der Waals surface area contributed by atoms with Crippen LogP contribution in [0.25, 0.3) is 0 Å². The van der Waals surface area contributed by atoms with Gasteiger partial charge in [0.05, 0.1) is 0 Å². The van der Waals surface area contributed by atoms with E-state index < -0.39 is 0 Å². The lowest BCUT2D eigenvalue weighted by molar-refractivity contribution is 0.301. The Kier molecular flexibility index (Phi) is 4.63. The first-order valence-electron chi connectivity index (χ1n) is 7.14. The Hall–Kier alpha value is -2.29. The highest BCUT2D eigenvalue weighted by molar-refractivity contribution is 5.94. The molecule has 2 rings (SSSR count). The summed E-state index contributed by atoms with van der Waals surface area (Å²) in [7, 11) is 0. The van der Waals surface area contributed by atoms with E-state index in [0.29, 0.717) is 12.5 Å². The van der Waals surface area contributed by atoms with Crippen molar-refractivity contribution in [3.8, 4) is 5.75 Å². The van der Waals surface area contributed by atoms with Crippen LogP contribution in [0.1, 0.15) is 42.0 Å². The molecule has 0 aromatic heterocycles. The zero-order valence-corrected chi connectivity index (χ0v) is 12.8. The first-order valence-corrected chi connectivity index (χ1v) is 7.14. The van der Waals surface area contributed by atoms with Crippen LogP contribution in [0.3, 0.4) is 0 Å². The van der Waals surface area contributed by atoms with Crippen molar-refractivity contribution in [1.82, 2.24) is 0 Å². The minimum absolute atomic E-state index is 0.0863. The predicted molar refractivity (Wildman–Crippen MR) is 87.1 cm³/mol. The predicted octanol–water partition coefficient (Wildman–Crippen LogP) is 3.98. The number of aryl methyl sites for hydroxylation is 1. The molecule has 0 heterocycles. The molecule has 0 fully saturated rings. The Morgan fingerprint density at radius 1 is 1.14 bits per heavy atom. The number of hydrogen-bond donors (Lipinski definition) is 2. The Morgan fingerprint density at radius 3 is 2.38 bits per heavy atom. The molecule has 3 heteroatoms. The fourth-order valence-corrected chi connectivity index (χ4v) is 2.19. The van der Waals surface area contributed by atoms with Crippen LogP contribution in [0, 0.1) is 12.3 Å². The van der Waals surface area contributed by atoms with Gasteiger partial charge in [-0.15, -0.1) is 0 Å². The molecule has 0 aliphatic rings. The number of hydrogen-bond acceptors (Lipinski definition) is 2. The summed E-state index contributed by atoms with van der Waals surface area (Å²) in [5.41, 5.74) is 9.67. The van der Waals surface area contributed by atoms with Gasteiger partial charge in [0.15, 0.2) is 0 Å². The van der Waals surface area contributed by atoms with Crippen molar-refractivity contribution < 1.29 is 4.74 Å². The van der Waals surface area contributed by atoms with E-state index in [1.165, 1.54) is 11.1 Å². The van der Waals surface area contributed by atoms with Gasteiger partial charge in [-0.05, 0) is 35.6 Å². The topological polar surface area (TPSA) is 59.1 Å². The van der Waals surface area contributed by atoms with Crippen molar-refractivity contribution in [2.75, 3.05) is 0 Å². The van der Waals surface area contributed by atoms with E-state index in [9.17, 15) is 0 Å². The fraction of sp³-hybridized carbons (Fsp3) is 0.278. The summed E-state index contributed by atoms with van der Waals surface area (Å²) < 4.78 is 5.98. The molecule has 3 nitrogen and oxygen atoms in total. The highest BCUT2D eigenvalue weighted by Gasteiger charge is 2.08. The standard InChI is InChI=1S/C18H22N2O/c1-12(2)16-9-4-13(3)10-17(16)21-11-14-5-7-15(8-6-14)18(19)20/h4-10,12H,11H2,1-3H3,(H3,19,20). The molecule has 110 valence electrons. The lowest BCUT2D eigenvalue weighted by Gasteiger charge is -2.15. The van der Waals surface area contributed by atoms with Crippen molar-refractivity contribution >= 4 is 5.84 Å². The van der Waals surface area contributed by atoms with Crippen LogP contribution in [0.4, 0.5) is 0 Å². The molecule has 0 aliphatic heterocycles. The molecule has 0 bridgehead atoms. The van der Waals surface area contributed by atoms with Crippen molar-refractivity contribution in [1.29, 1.82) is 5.41 Å². The number of ether oxygens (including phenoxy) is 1. The van der Waals surface area contributed by atoms with E-state index in [4.69, 9.17) is 15.9 Å². The third-order valence-electron chi connectivity index (χ3n) is 3.45. The Labute approximate surface area is 126 Å². The maximum atomic E-state index is 7.39. The van der Waals surface area contributed by atoms with Gasteiger partial charge in [-0.2, -0.15) is 0 Å². The molecular formula is C18H22N2O. The first-order chi connectivity index (χ1) is 9.97. The average Bonchev–Trinajstić information content (AvgIpc) is 2.45. The van der Waals surface area contributed by atoms with Gasteiger partial charge in [-0.3, -0.25) is 5.41 Å². The van der Waals surface area contributed by atoms with E-state index in [1.54, 1.807) is 0 Å². The summed E-state index contributed by atoms with van der Waals surface area (Å²) >= 11 is 0. The van der Waals surface area contributed by atoms with Crippen LogP contribution in [0.2, 0.25) is 0 Å². The van der Waals surface area contributed by atoms with E-state index in [0.717, 1.165) is 16.9 Å². The van der Waals surface area contributed by atoms with Crippen LogP contribution in [-0.4, -0.2) is 5.84 Å². The smallest absolute Gasteiger partial charge is 0.123 e. The summed E-state index contributed by atoms with van der Waals surface area (Å²) in [6.45, 7) is 6.92. The Balaban J connectivity index is 2.12. The molecule has 0 aliphatic carbocycles. The molecule has 0 atom stereocenters. The largest absolute Gasteiger partial charge is 0.489 e. The van der Waals surface area contributed by atoms with Crippen LogP contribution in [0.5, 0.6) is 5.75 Å². The van der Waals surface area contributed by atoms with Gasteiger partial charge in [0.1, 0.15) is 18.2 Å². The molecule has 0 spiro atoms. The van der Waals surface area contributed by atoms with Gasteiger partial charge in [0.25, 0.3) is 0 Å². The first kappa shape index (κ1) is 15.1. The molecule has 0 radical (unpaired) electrons.